The quantitative estimate of drug-likeness (QED) is 0.902. The van der Waals surface area contributed by atoms with Crippen LogP contribution in [0.4, 0.5) is 4.79 Å². The first-order chi connectivity index (χ1) is 11.1. The van der Waals surface area contributed by atoms with Crippen molar-refractivity contribution in [2.75, 3.05) is 46.9 Å². The molecule has 23 heavy (non-hydrogen) atoms. The minimum Gasteiger partial charge on any atom is -0.497 e. The third-order valence-electron chi connectivity index (χ3n) is 4.35. The number of likely N-dealkylation sites (N-methyl/N-ethyl adjacent to an activating group) is 1. The number of nitrogens with zero attached hydrogens (tertiary/aromatic N) is 2. The molecular weight excluding hydrogens is 294 g/mol. The lowest BCUT2D eigenvalue weighted by atomic mass is 10.1. The third kappa shape index (κ3) is 4.28. The fourth-order valence-electron chi connectivity index (χ4n) is 2.80. The molecule has 1 unspecified atom stereocenters. The minimum atomic E-state index is -0.132. The van der Waals surface area contributed by atoms with Crippen molar-refractivity contribution in [3.8, 4) is 11.5 Å². The van der Waals surface area contributed by atoms with Gasteiger partial charge in [0.05, 0.1) is 20.3 Å². The van der Waals surface area contributed by atoms with Gasteiger partial charge in [-0.15, -0.1) is 0 Å². The Kier molecular flexibility index (Phi) is 6.10. The first-order valence-electron chi connectivity index (χ1n) is 8.08. The van der Waals surface area contributed by atoms with Gasteiger partial charge in [0.2, 0.25) is 0 Å². The van der Waals surface area contributed by atoms with Gasteiger partial charge in [0.15, 0.2) is 0 Å². The first kappa shape index (κ1) is 17.4. The fraction of sp³-hybridized carbons (Fsp3) is 0.588. The van der Waals surface area contributed by atoms with Crippen molar-refractivity contribution in [3.05, 3.63) is 23.8 Å². The number of urea groups is 1. The highest BCUT2D eigenvalue weighted by atomic mass is 16.5. The Labute approximate surface area is 138 Å². The number of ether oxygens (including phenoxy) is 2. The van der Waals surface area contributed by atoms with Crippen molar-refractivity contribution in [2.24, 2.45) is 0 Å². The number of piperazine rings is 1. The Bertz CT molecular complexity index is 528. The summed E-state index contributed by atoms with van der Waals surface area (Å²) in [5.41, 5.74) is 0.939. The summed E-state index contributed by atoms with van der Waals surface area (Å²) < 4.78 is 10.6. The van der Waals surface area contributed by atoms with Crippen molar-refractivity contribution >= 4 is 6.03 Å². The van der Waals surface area contributed by atoms with Crippen LogP contribution in [0.3, 0.4) is 0 Å². The smallest absolute Gasteiger partial charge is 0.317 e. The molecule has 0 spiro atoms. The molecule has 6 nitrogen and oxygen atoms in total. The molecule has 2 rings (SSSR count). The lowest BCUT2D eigenvalue weighted by Gasteiger charge is -2.34. The predicted molar refractivity (Wildman–Crippen MR) is 90.2 cm³/mol. The van der Waals surface area contributed by atoms with Crippen LogP contribution in [-0.4, -0.2) is 62.8 Å². The van der Waals surface area contributed by atoms with E-state index in [2.05, 4.69) is 17.1 Å². The molecule has 0 bridgehead atoms. The SMILES string of the molecule is CCN1CCN(C(=O)NC(C)c2ccc(OC)cc2OC)CC1. The van der Waals surface area contributed by atoms with Crippen molar-refractivity contribution in [1.82, 2.24) is 15.1 Å². The summed E-state index contributed by atoms with van der Waals surface area (Å²) in [7, 11) is 3.24. The number of hydrogen-bond donors (Lipinski definition) is 1. The number of amides is 2. The van der Waals surface area contributed by atoms with Crippen LogP contribution in [0.1, 0.15) is 25.5 Å². The summed E-state index contributed by atoms with van der Waals surface area (Å²) in [5, 5.41) is 3.06. The summed E-state index contributed by atoms with van der Waals surface area (Å²) in [6.45, 7) is 8.56. The van der Waals surface area contributed by atoms with Crippen LogP contribution in [0.15, 0.2) is 18.2 Å². The van der Waals surface area contributed by atoms with Crippen molar-refractivity contribution in [1.29, 1.82) is 0 Å². The fourth-order valence-corrected chi connectivity index (χ4v) is 2.80. The Hall–Kier alpha value is -1.95. The van der Waals surface area contributed by atoms with Gasteiger partial charge in [0, 0.05) is 37.8 Å². The molecule has 0 radical (unpaired) electrons. The zero-order chi connectivity index (χ0) is 16.8. The van der Waals surface area contributed by atoms with Crippen LogP contribution in [0, 0.1) is 0 Å². The van der Waals surface area contributed by atoms with Crippen LogP contribution >= 0.6 is 0 Å². The van der Waals surface area contributed by atoms with E-state index < -0.39 is 0 Å². The molecule has 1 aliphatic heterocycles. The highest BCUT2D eigenvalue weighted by molar-refractivity contribution is 5.75. The molecule has 0 saturated carbocycles. The van der Waals surface area contributed by atoms with Crippen molar-refractivity contribution in [3.63, 3.8) is 0 Å². The Morgan fingerprint density at radius 2 is 1.91 bits per heavy atom. The van der Waals surface area contributed by atoms with E-state index in [1.54, 1.807) is 14.2 Å². The molecule has 1 aromatic carbocycles. The molecule has 128 valence electrons. The topological polar surface area (TPSA) is 54.0 Å². The van der Waals surface area contributed by atoms with E-state index in [0.29, 0.717) is 5.75 Å². The summed E-state index contributed by atoms with van der Waals surface area (Å²) >= 11 is 0. The first-order valence-corrected chi connectivity index (χ1v) is 8.08. The maximum Gasteiger partial charge on any atom is 0.317 e. The summed E-state index contributed by atoms with van der Waals surface area (Å²) in [6.07, 6.45) is 0. The molecular formula is C17H27N3O3. The number of rotatable bonds is 5. The maximum absolute atomic E-state index is 12.4. The van der Waals surface area contributed by atoms with E-state index in [-0.39, 0.29) is 12.1 Å². The average Bonchev–Trinajstić information content (AvgIpc) is 2.60. The molecule has 1 fully saturated rings. The Morgan fingerprint density at radius 3 is 2.48 bits per heavy atom. The van der Waals surface area contributed by atoms with Gasteiger partial charge < -0.3 is 24.6 Å². The molecule has 0 aromatic heterocycles. The standard InChI is InChI=1S/C17H27N3O3/c1-5-19-8-10-20(11-9-19)17(21)18-13(2)15-7-6-14(22-3)12-16(15)23-4/h6-7,12-13H,5,8-11H2,1-4H3,(H,18,21). The number of benzene rings is 1. The maximum atomic E-state index is 12.4. The average molecular weight is 321 g/mol. The summed E-state index contributed by atoms with van der Waals surface area (Å²) in [6, 6.07) is 5.48. The number of hydrogen-bond acceptors (Lipinski definition) is 4. The van der Waals surface area contributed by atoms with Gasteiger partial charge in [-0.1, -0.05) is 6.92 Å². The second-order valence-electron chi connectivity index (χ2n) is 5.70. The molecule has 2 amide bonds. The van der Waals surface area contributed by atoms with Crippen molar-refractivity contribution in [2.45, 2.75) is 19.9 Å². The molecule has 1 atom stereocenters. The van der Waals surface area contributed by atoms with Crippen LogP contribution in [0.2, 0.25) is 0 Å². The van der Waals surface area contributed by atoms with Gasteiger partial charge in [-0.25, -0.2) is 4.79 Å². The van der Waals surface area contributed by atoms with E-state index in [1.807, 2.05) is 30.0 Å². The van der Waals surface area contributed by atoms with E-state index in [0.717, 1.165) is 44.0 Å². The van der Waals surface area contributed by atoms with Gasteiger partial charge in [-0.3, -0.25) is 0 Å². The molecule has 0 aliphatic carbocycles. The molecule has 1 N–H and O–H groups in total. The van der Waals surface area contributed by atoms with Crippen LogP contribution in [0.5, 0.6) is 11.5 Å². The van der Waals surface area contributed by atoms with Crippen molar-refractivity contribution < 1.29 is 14.3 Å². The second kappa shape index (κ2) is 8.06. The highest BCUT2D eigenvalue weighted by Gasteiger charge is 2.22. The molecule has 1 aliphatic rings. The lowest BCUT2D eigenvalue weighted by molar-refractivity contribution is 0.141. The van der Waals surface area contributed by atoms with Crippen LogP contribution in [-0.2, 0) is 0 Å². The number of methoxy groups -OCH3 is 2. The van der Waals surface area contributed by atoms with Crippen LogP contribution < -0.4 is 14.8 Å². The van der Waals surface area contributed by atoms with E-state index in [4.69, 9.17) is 9.47 Å². The van der Waals surface area contributed by atoms with Gasteiger partial charge in [0.25, 0.3) is 0 Å². The summed E-state index contributed by atoms with van der Waals surface area (Å²) in [5.74, 6) is 1.45. The molecule has 1 heterocycles. The Balaban J connectivity index is 1.98. The number of nitrogens with one attached hydrogen (secondary N) is 1. The third-order valence-corrected chi connectivity index (χ3v) is 4.35. The zero-order valence-corrected chi connectivity index (χ0v) is 14.5. The minimum absolute atomic E-state index is 0.0221. The van der Waals surface area contributed by atoms with Gasteiger partial charge in [-0.05, 0) is 25.6 Å². The van der Waals surface area contributed by atoms with Gasteiger partial charge in [-0.2, -0.15) is 0 Å². The monoisotopic (exact) mass is 321 g/mol. The van der Waals surface area contributed by atoms with Gasteiger partial charge >= 0.3 is 6.03 Å². The van der Waals surface area contributed by atoms with E-state index in [1.165, 1.54) is 0 Å². The van der Waals surface area contributed by atoms with Gasteiger partial charge in [0.1, 0.15) is 11.5 Å². The number of carbonyl (C=O) groups excluding carboxylic acids is 1. The number of carbonyl (C=O) groups is 1. The normalized spacial score (nSPS) is 16.8. The molecule has 1 saturated heterocycles. The highest BCUT2D eigenvalue weighted by Crippen LogP contribution is 2.29. The van der Waals surface area contributed by atoms with E-state index in [9.17, 15) is 4.79 Å². The lowest BCUT2D eigenvalue weighted by Crippen LogP contribution is -2.51. The molecule has 1 aromatic rings. The second-order valence-corrected chi connectivity index (χ2v) is 5.70. The largest absolute Gasteiger partial charge is 0.497 e. The van der Waals surface area contributed by atoms with E-state index >= 15 is 0 Å². The van der Waals surface area contributed by atoms with Crippen LogP contribution in [0.25, 0.3) is 0 Å². The predicted octanol–water partition coefficient (Wildman–Crippen LogP) is 2.11. The Morgan fingerprint density at radius 1 is 1.22 bits per heavy atom. The summed E-state index contributed by atoms with van der Waals surface area (Å²) in [4.78, 5) is 16.7. The zero-order valence-electron chi connectivity index (χ0n) is 14.5. The molecule has 6 heteroatoms.